The number of ether oxygens (including phenoxy) is 1. The quantitative estimate of drug-likeness (QED) is 0.792. The number of carbonyl (C=O) groups excluding carboxylic acids is 1. The zero-order valence-electron chi connectivity index (χ0n) is 12.3. The van der Waals surface area contributed by atoms with Gasteiger partial charge in [0.15, 0.2) is 0 Å². The minimum absolute atomic E-state index is 0.250. The highest BCUT2D eigenvalue weighted by Gasteiger charge is 2.22. The Bertz CT molecular complexity index is 448. The highest BCUT2D eigenvalue weighted by atomic mass is 16.6. The molecule has 0 bridgehead atoms. The Hall–Kier alpha value is -1.62. The van der Waals surface area contributed by atoms with Crippen molar-refractivity contribution in [1.82, 2.24) is 9.88 Å². The second-order valence-corrected chi connectivity index (χ2v) is 5.35. The van der Waals surface area contributed by atoms with E-state index in [0.29, 0.717) is 13.2 Å². The number of rotatable bonds is 4. The fourth-order valence-corrected chi connectivity index (χ4v) is 2.36. The number of aromatic nitrogens is 1. The van der Waals surface area contributed by atoms with Gasteiger partial charge in [0.2, 0.25) is 0 Å². The van der Waals surface area contributed by atoms with E-state index in [9.17, 15) is 4.79 Å². The number of anilines is 1. The van der Waals surface area contributed by atoms with Crippen LogP contribution in [0.15, 0.2) is 18.3 Å². The van der Waals surface area contributed by atoms with E-state index in [2.05, 4.69) is 9.88 Å². The van der Waals surface area contributed by atoms with Crippen molar-refractivity contribution in [1.29, 1.82) is 0 Å². The van der Waals surface area contributed by atoms with Crippen molar-refractivity contribution in [3.8, 4) is 0 Å². The van der Waals surface area contributed by atoms with Crippen LogP contribution in [0.3, 0.4) is 0 Å². The molecule has 0 fully saturated rings. The Morgan fingerprint density at radius 3 is 3.10 bits per heavy atom. The number of aryl methyl sites for hydroxylation is 1. The predicted molar refractivity (Wildman–Crippen MR) is 79.0 cm³/mol. The lowest BCUT2D eigenvalue weighted by atomic mass is 10.2. The number of carbonyl (C=O) groups is 1. The maximum absolute atomic E-state index is 12.2. The lowest BCUT2D eigenvalue weighted by molar-refractivity contribution is 0.148. The van der Waals surface area contributed by atoms with Crippen LogP contribution in [0.1, 0.15) is 25.0 Å². The van der Waals surface area contributed by atoms with Gasteiger partial charge in [0.1, 0.15) is 0 Å². The number of fused-ring (bicyclic) bond motifs is 1. The summed E-state index contributed by atoms with van der Waals surface area (Å²) in [6.07, 6.45) is 5.37. The summed E-state index contributed by atoms with van der Waals surface area (Å²) in [5.74, 6) is 0. The Labute approximate surface area is 120 Å². The molecule has 1 amide bonds. The molecule has 110 valence electrons. The second kappa shape index (κ2) is 7.24. The largest absolute Gasteiger partial charge is 0.449 e. The van der Waals surface area contributed by atoms with Crippen molar-refractivity contribution in [3.05, 3.63) is 24.0 Å². The zero-order chi connectivity index (χ0) is 14.4. The minimum Gasteiger partial charge on any atom is -0.449 e. The van der Waals surface area contributed by atoms with Crippen LogP contribution in [-0.2, 0) is 11.2 Å². The number of hydrogen-bond acceptors (Lipinski definition) is 4. The highest BCUT2D eigenvalue weighted by molar-refractivity contribution is 5.88. The van der Waals surface area contributed by atoms with Gasteiger partial charge < -0.3 is 9.64 Å². The molecule has 0 unspecified atom stereocenters. The smallest absolute Gasteiger partial charge is 0.414 e. The van der Waals surface area contributed by atoms with Crippen molar-refractivity contribution in [3.63, 3.8) is 0 Å². The fraction of sp³-hybridized carbons (Fsp3) is 0.600. The van der Waals surface area contributed by atoms with E-state index in [1.165, 1.54) is 0 Å². The molecule has 5 nitrogen and oxygen atoms in total. The molecule has 0 saturated heterocycles. The molecule has 2 heterocycles. The van der Waals surface area contributed by atoms with Crippen LogP contribution in [0.4, 0.5) is 10.5 Å². The summed E-state index contributed by atoms with van der Waals surface area (Å²) in [5, 5.41) is 0. The third-order valence-corrected chi connectivity index (χ3v) is 3.40. The van der Waals surface area contributed by atoms with Crippen LogP contribution in [-0.4, -0.2) is 49.8 Å². The average molecular weight is 277 g/mol. The van der Waals surface area contributed by atoms with Crippen LogP contribution in [0.25, 0.3) is 0 Å². The normalized spacial score (nSPS) is 14.8. The van der Waals surface area contributed by atoms with Gasteiger partial charge in [-0.05, 0) is 51.9 Å². The van der Waals surface area contributed by atoms with E-state index in [4.69, 9.17) is 4.74 Å². The van der Waals surface area contributed by atoms with E-state index in [1.807, 2.05) is 26.2 Å². The molecule has 1 aliphatic rings. The van der Waals surface area contributed by atoms with E-state index < -0.39 is 0 Å². The summed E-state index contributed by atoms with van der Waals surface area (Å²) < 4.78 is 5.38. The molecule has 1 aromatic rings. The first-order valence-electron chi connectivity index (χ1n) is 7.21. The lowest BCUT2D eigenvalue weighted by Crippen LogP contribution is -2.33. The average Bonchev–Trinajstić information content (AvgIpc) is 2.65. The fourth-order valence-electron chi connectivity index (χ4n) is 2.36. The maximum Gasteiger partial charge on any atom is 0.414 e. The third kappa shape index (κ3) is 3.93. The Morgan fingerprint density at radius 2 is 2.30 bits per heavy atom. The van der Waals surface area contributed by atoms with Crippen molar-refractivity contribution >= 4 is 11.8 Å². The molecule has 0 aliphatic carbocycles. The van der Waals surface area contributed by atoms with Gasteiger partial charge in [0.05, 0.1) is 18.0 Å². The SMILES string of the molecule is CN(C)CCCOC(=O)N1CCCCc2ncccc21. The number of amides is 1. The summed E-state index contributed by atoms with van der Waals surface area (Å²) >= 11 is 0. The Morgan fingerprint density at radius 1 is 1.45 bits per heavy atom. The molecule has 2 rings (SSSR count). The first kappa shape index (κ1) is 14.8. The van der Waals surface area contributed by atoms with E-state index >= 15 is 0 Å². The van der Waals surface area contributed by atoms with Gasteiger partial charge >= 0.3 is 6.09 Å². The van der Waals surface area contributed by atoms with Crippen molar-refractivity contribution in [2.24, 2.45) is 0 Å². The summed E-state index contributed by atoms with van der Waals surface area (Å²) in [6, 6.07) is 3.82. The molecule has 0 spiro atoms. The number of nitrogens with zero attached hydrogens (tertiary/aromatic N) is 3. The maximum atomic E-state index is 12.2. The van der Waals surface area contributed by atoms with Crippen LogP contribution in [0.5, 0.6) is 0 Å². The summed E-state index contributed by atoms with van der Waals surface area (Å²) in [6.45, 7) is 2.10. The van der Waals surface area contributed by atoms with Crippen LogP contribution >= 0.6 is 0 Å². The summed E-state index contributed by atoms with van der Waals surface area (Å²) in [4.78, 5) is 20.4. The topological polar surface area (TPSA) is 45.7 Å². The monoisotopic (exact) mass is 277 g/mol. The minimum atomic E-state index is -0.250. The summed E-state index contributed by atoms with van der Waals surface area (Å²) in [7, 11) is 4.02. The second-order valence-electron chi connectivity index (χ2n) is 5.35. The summed E-state index contributed by atoms with van der Waals surface area (Å²) in [5.41, 5.74) is 1.90. The molecular formula is C15H23N3O2. The molecule has 0 saturated carbocycles. The van der Waals surface area contributed by atoms with Crippen LogP contribution < -0.4 is 4.90 Å². The molecule has 0 aromatic carbocycles. The Kier molecular flexibility index (Phi) is 5.35. The number of pyridine rings is 1. The molecular weight excluding hydrogens is 254 g/mol. The van der Waals surface area contributed by atoms with Crippen LogP contribution in [0.2, 0.25) is 0 Å². The highest BCUT2D eigenvalue weighted by Crippen LogP contribution is 2.24. The standard InChI is InChI=1S/C15H23N3O2/c1-17(2)10-6-12-20-15(19)18-11-4-3-7-13-14(18)8-5-9-16-13/h5,8-9H,3-4,6-7,10-12H2,1-2H3. The van der Waals surface area contributed by atoms with Gasteiger partial charge in [-0.2, -0.15) is 0 Å². The van der Waals surface area contributed by atoms with Gasteiger partial charge in [-0.25, -0.2) is 4.79 Å². The number of hydrogen-bond donors (Lipinski definition) is 0. The van der Waals surface area contributed by atoms with Gasteiger partial charge in [-0.15, -0.1) is 0 Å². The molecule has 1 aromatic heterocycles. The van der Waals surface area contributed by atoms with Gasteiger partial charge in [-0.3, -0.25) is 9.88 Å². The zero-order valence-corrected chi connectivity index (χ0v) is 12.3. The molecule has 5 heteroatoms. The van der Waals surface area contributed by atoms with Crippen molar-refractivity contribution in [2.75, 3.05) is 38.7 Å². The molecule has 0 N–H and O–H groups in total. The first-order valence-corrected chi connectivity index (χ1v) is 7.21. The predicted octanol–water partition coefficient (Wildman–Crippen LogP) is 2.31. The lowest BCUT2D eigenvalue weighted by Gasteiger charge is -2.21. The van der Waals surface area contributed by atoms with Crippen LogP contribution in [0, 0.1) is 0 Å². The van der Waals surface area contributed by atoms with Crippen molar-refractivity contribution < 1.29 is 9.53 Å². The molecule has 0 atom stereocenters. The van der Waals surface area contributed by atoms with E-state index in [1.54, 1.807) is 11.1 Å². The van der Waals surface area contributed by atoms with Gasteiger partial charge in [0, 0.05) is 19.3 Å². The van der Waals surface area contributed by atoms with E-state index in [-0.39, 0.29) is 6.09 Å². The van der Waals surface area contributed by atoms with Gasteiger partial charge in [-0.1, -0.05) is 0 Å². The van der Waals surface area contributed by atoms with Crippen molar-refractivity contribution in [2.45, 2.75) is 25.7 Å². The molecule has 20 heavy (non-hydrogen) atoms. The van der Waals surface area contributed by atoms with E-state index in [0.717, 1.165) is 43.6 Å². The van der Waals surface area contributed by atoms with Gasteiger partial charge in [0.25, 0.3) is 0 Å². The molecule has 0 radical (unpaired) electrons. The Balaban J connectivity index is 1.95. The third-order valence-electron chi connectivity index (χ3n) is 3.40. The molecule has 1 aliphatic heterocycles. The first-order chi connectivity index (χ1) is 9.68.